The maximum atomic E-state index is 12.5. The van der Waals surface area contributed by atoms with Crippen LogP contribution in [0, 0.1) is 0 Å². The Bertz CT molecular complexity index is 927. The summed E-state index contributed by atoms with van der Waals surface area (Å²) in [5, 5.41) is 33.3. The van der Waals surface area contributed by atoms with E-state index < -0.39 is 18.2 Å². The van der Waals surface area contributed by atoms with Gasteiger partial charge in [0.2, 0.25) is 5.91 Å². The van der Waals surface area contributed by atoms with Gasteiger partial charge in [-0.15, -0.1) is 0 Å². The number of allylic oxidation sites excluding steroid dienone is 7. The fourth-order valence-electron chi connectivity index (χ4n) is 7.52. The average molecular weight is 800 g/mol. The molecule has 57 heavy (non-hydrogen) atoms. The lowest BCUT2D eigenvalue weighted by Gasteiger charge is -2.21. The Hall–Kier alpha value is -1.69. The predicted octanol–water partition coefficient (Wildman–Crippen LogP) is 14.9. The summed E-state index contributed by atoms with van der Waals surface area (Å²) in [6, 6.07) is -0.765. The van der Waals surface area contributed by atoms with Crippen LogP contribution in [0.15, 0.2) is 48.6 Å². The third-order valence-corrected chi connectivity index (χ3v) is 11.4. The van der Waals surface area contributed by atoms with Gasteiger partial charge in [-0.05, 0) is 57.8 Å². The van der Waals surface area contributed by atoms with Crippen LogP contribution in [0.1, 0.15) is 251 Å². The quantitative estimate of drug-likeness (QED) is 0.0281. The molecule has 3 unspecified atom stereocenters. The number of unbranched alkanes of at least 4 members (excludes halogenated alkanes) is 31. The van der Waals surface area contributed by atoms with Gasteiger partial charge in [0.25, 0.3) is 0 Å². The van der Waals surface area contributed by atoms with Crippen LogP contribution in [0.2, 0.25) is 0 Å². The third-order valence-electron chi connectivity index (χ3n) is 11.4. The lowest BCUT2D eigenvalue weighted by atomic mass is 10.0. The number of hydrogen-bond acceptors (Lipinski definition) is 4. The lowest BCUT2D eigenvalue weighted by molar-refractivity contribution is -0.124. The Morgan fingerprint density at radius 1 is 0.456 bits per heavy atom. The molecule has 5 heteroatoms. The van der Waals surface area contributed by atoms with Crippen LogP contribution in [-0.4, -0.2) is 46.1 Å². The van der Waals surface area contributed by atoms with Crippen molar-refractivity contribution in [3.63, 3.8) is 0 Å². The number of aliphatic hydroxyl groups excluding tert-OH is 3. The normalized spacial score (nSPS) is 13.8. The van der Waals surface area contributed by atoms with Gasteiger partial charge in [0, 0.05) is 0 Å². The SMILES string of the molecule is CCCCC/C=C\C=C/CCCCCCCCCCC(O)CC(=O)NC(CO)C(O)/C=C/CC/C=C/CCCCCCCCCCCCCCCCCCCCC. The molecule has 0 saturated carbocycles. The molecular formula is C52H97NO4. The summed E-state index contributed by atoms with van der Waals surface area (Å²) in [4.78, 5) is 12.5. The van der Waals surface area contributed by atoms with Gasteiger partial charge >= 0.3 is 0 Å². The van der Waals surface area contributed by atoms with Crippen molar-refractivity contribution in [2.24, 2.45) is 0 Å². The van der Waals surface area contributed by atoms with E-state index in [1.165, 1.54) is 186 Å². The van der Waals surface area contributed by atoms with E-state index in [1.54, 1.807) is 6.08 Å². The van der Waals surface area contributed by atoms with Crippen LogP contribution >= 0.6 is 0 Å². The van der Waals surface area contributed by atoms with Crippen molar-refractivity contribution < 1.29 is 20.1 Å². The summed E-state index contributed by atoms with van der Waals surface area (Å²) >= 11 is 0. The molecule has 3 atom stereocenters. The van der Waals surface area contributed by atoms with E-state index in [0.717, 1.165) is 38.5 Å². The van der Waals surface area contributed by atoms with E-state index >= 15 is 0 Å². The van der Waals surface area contributed by atoms with Crippen LogP contribution in [0.4, 0.5) is 0 Å². The molecule has 0 heterocycles. The highest BCUT2D eigenvalue weighted by Crippen LogP contribution is 2.16. The first-order valence-electron chi connectivity index (χ1n) is 24.9. The van der Waals surface area contributed by atoms with E-state index in [2.05, 4.69) is 55.6 Å². The van der Waals surface area contributed by atoms with E-state index in [0.29, 0.717) is 6.42 Å². The van der Waals surface area contributed by atoms with Crippen molar-refractivity contribution in [3.05, 3.63) is 48.6 Å². The molecule has 0 aromatic carbocycles. The zero-order chi connectivity index (χ0) is 41.5. The highest BCUT2D eigenvalue weighted by molar-refractivity contribution is 5.76. The van der Waals surface area contributed by atoms with Crippen molar-refractivity contribution in [1.29, 1.82) is 0 Å². The van der Waals surface area contributed by atoms with Gasteiger partial charge in [-0.1, -0.05) is 236 Å². The van der Waals surface area contributed by atoms with Crippen molar-refractivity contribution in [2.75, 3.05) is 6.61 Å². The van der Waals surface area contributed by atoms with Crippen LogP contribution in [0.5, 0.6) is 0 Å². The average Bonchev–Trinajstić information content (AvgIpc) is 3.20. The fourth-order valence-corrected chi connectivity index (χ4v) is 7.52. The number of amides is 1. The highest BCUT2D eigenvalue weighted by Gasteiger charge is 2.20. The predicted molar refractivity (Wildman–Crippen MR) is 250 cm³/mol. The molecule has 334 valence electrons. The van der Waals surface area contributed by atoms with Gasteiger partial charge in [0.05, 0.1) is 31.3 Å². The number of aliphatic hydroxyl groups is 3. The second-order valence-corrected chi connectivity index (χ2v) is 17.1. The topological polar surface area (TPSA) is 89.8 Å². The van der Waals surface area contributed by atoms with Gasteiger partial charge in [-0.3, -0.25) is 4.79 Å². The lowest BCUT2D eigenvalue weighted by Crippen LogP contribution is -2.45. The zero-order valence-corrected chi connectivity index (χ0v) is 38.0. The first kappa shape index (κ1) is 55.3. The van der Waals surface area contributed by atoms with Gasteiger partial charge in [0.15, 0.2) is 0 Å². The second-order valence-electron chi connectivity index (χ2n) is 17.1. The molecule has 0 aliphatic rings. The van der Waals surface area contributed by atoms with Crippen molar-refractivity contribution in [3.8, 4) is 0 Å². The summed E-state index contributed by atoms with van der Waals surface area (Å²) in [7, 11) is 0. The molecule has 0 radical (unpaired) electrons. The van der Waals surface area contributed by atoms with Crippen molar-refractivity contribution in [2.45, 2.75) is 270 Å². The summed E-state index contributed by atoms with van der Waals surface area (Å²) in [6.07, 6.45) is 61.3. The Balaban J connectivity index is 3.66. The van der Waals surface area contributed by atoms with Crippen LogP contribution in [0.3, 0.4) is 0 Å². The molecule has 0 spiro atoms. The number of carbonyl (C=O) groups excluding carboxylic acids is 1. The molecule has 0 fully saturated rings. The fraction of sp³-hybridized carbons (Fsp3) is 0.827. The molecule has 4 N–H and O–H groups in total. The molecule has 0 aliphatic heterocycles. The molecule has 0 aromatic heterocycles. The summed E-state index contributed by atoms with van der Waals surface area (Å²) < 4.78 is 0. The zero-order valence-electron chi connectivity index (χ0n) is 38.0. The molecular weight excluding hydrogens is 703 g/mol. The third kappa shape index (κ3) is 43.7. The Morgan fingerprint density at radius 2 is 0.807 bits per heavy atom. The van der Waals surface area contributed by atoms with E-state index in [9.17, 15) is 20.1 Å². The first-order valence-corrected chi connectivity index (χ1v) is 24.9. The molecule has 0 saturated heterocycles. The van der Waals surface area contributed by atoms with Crippen LogP contribution < -0.4 is 5.32 Å². The maximum Gasteiger partial charge on any atom is 0.222 e. The van der Waals surface area contributed by atoms with Crippen LogP contribution in [0.25, 0.3) is 0 Å². The van der Waals surface area contributed by atoms with Gasteiger partial charge in [0.1, 0.15) is 0 Å². The minimum absolute atomic E-state index is 0.000329. The van der Waals surface area contributed by atoms with Gasteiger partial charge < -0.3 is 20.6 Å². The molecule has 5 nitrogen and oxygen atoms in total. The molecule has 0 bridgehead atoms. The number of nitrogens with one attached hydrogen (secondary N) is 1. The maximum absolute atomic E-state index is 12.5. The van der Waals surface area contributed by atoms with Gasteiger partial charge in [-0.2, -0.15) is 0 Å². The second kappa shape index (κ2) is 47.0. The van der Waals surface area contributed by atoms with E-state index in [1.807, 2.05) is 6.08 Å². The summed E-state index contributed by atoms with van der Waals surface area (Å²) in [5.74, 6) is -0.329. The minimum atomic E-state index is -0.955. The molecule has 0 aliphatic carbocycles. The minimum Gasteiger partial charge on any atom is -0.394 e. The Kier molecular flexibility index (Phi) is 45.6. The van der Waals surface area contributed by atoms with E-state index in [4.69, 9.17) is 0 Å². The number of rotatable bonds is 45. The van der Waals surface area contributed by atoms with E-state index in [-0.39, 0.29) is 18.9 Å². The van der Waals surface area contributed by atoms with Gasteiger partial charge in [-0.25, -0.2) is 0 Å². The first-order chi connectivity index (χ1) is 28.0. The Labute approximate surface area is 355 Å². The summed E-state index contributed by atoms with van der Waals surface area (Å²) in [5.41, 5.74) is 0. The monoisotopic (exact) mass is 800 g/mol. The number of carbonyl (C=O) groups is 1. The van der Waals surface area contributed by atoms with Crippen LogP contribution in [-0.2, 0) is 4.79 Å². The van der Waals surface area contributed by atoms with Crippen molar-refractivity contribution in [1.82, 2.24) is 5.32 Å². The largest absolute Gasteiger partial charge is 0.394 e. The standard InChI is InChI=1S/C52H97NO4/c1-3-5-7-9-11-13-15-17-19-21-22-23-24-25-26-27-28-30-32-34-36-38-40-42-44-46-51(56)50(48-54)53-52(57)47-49(55)45-43-41-39-37-35-33-31-29-20-18-16-14-12-10-8-6-4-2/h12,14,16,18,36,38,44,46,49-51,54-56H,3-11,13,15,17,19-35,37,39-43,45,47-48H2,1-2H3,(H,53,57)/b14-12-,18-16-,38-36+,46-44+. The number of hydrogen-bond donors (Lipinski definition) is 4. The molecule has 0 aromatic rings. The Morgan fingerprint density at radius 3 is 1.26 bits per heavy atom. The molecule has 1 amide bonds. The van der Waals surface area contributed by atoms with Crippen molar-refractivity contribution >= 4 is 5.91 Å². The summed E-state index contributed by atoms with van der Waals surface area (Å²) in [6.45, 7) is 4.19. The highest BCUT2D eigenvalue weighted by atomic mass is 16.3. The molecule has 0 rings (SSSR count). The smallest absolute Gasteiger partial charge is 0.222 e.